The van der Waals surface area contributed by atoms with E-state index in [0.717, 1.165) is 25.3 Å². The molecule has 3 nitrogen and oxygen atoms in total. The van der Waals surface area contributed by atoms with Crippen molar-refractivity contribution in [1.29, 1.82) is 0 Å². The molecule has 1 aromatic rings. The normalized spacial score (nSPS) is 25.1. The van der Waals surface area contributed by atoms with Crippen LogP contribution < -0.4 is 0 Å². The zero-order valence-electron chi connectivity index (χ0n) is 12.9. The molecule has 0 N–H and O–H groups in total. The maximum Gasteiger partial charge on any atom is 0.416 e. The summed E-state index contributed by atoms with van der Waals surface area (Å²) in [6.45, 7) is 2.57. The van der Waals surface area contributed by atoms with Gasteiger partial charge in [0.1, 0.15) is 0 Å². The van der Waals surface area contributed by atoms with Crippen molar-refractivity contribution < 1.29 is 22.7 Å². The fourth-order valence-corrected chi connectivity index (χ4v) is 3.62. The largest absolute Gasteiger partial charge is 0.416 e. The van der Waals surface area contributed by atoms with Gasteiger partial charge in [-0.15, -0.1) is 0 Å². The highest BCUT2D eigenvalue weighted by molar-refractivity contribution is 5.79. The predicted molar refractivity (Wildman–Crippen MR) is 78.8 cm³/mol. The van der Waals surface area contributed by atoms with Gasteiger partial charge in [-0.1, -0.05) is 18.2 Å². The fourth-order valence-electron chi connectivity index (χ4n) is 3.62. The van der Waals surface area contributed by atoms with Gasteiger partial charge < -0.3 is 9.64 Å². The smallest absolute Gasteiger partial charge is 0.381 e. The molecule has 0 bridgehead atoms. The number of alkyl halides is 3. The average Bonchev–Trinajstić information content (AvgIpc) is 2.94. The van der Waals surface area contributed by atoms with Gasteiger partial charge in [-0.25, -0.2) is 0 Å². The minimum Gasteiger partial charge on any atom is -0.381 e. The molecule has 1 amide bonds. The Bertz CT molecular complexity index is 579. The SMILES string of the molecule is O=C(Cc1ccccc1C(F)(F)F)N1CCC[C@]2(CCOC2)C1. The van der Waals surface area contributed by atoms with Crippen LogP contribution in [-0.4, -0.2) is 37.1 Å². The number of hydrogen-bond donors (Lipinski definition) is 0. The molecule has 0 radical (unpaired) electrons. The number of hydrogen-bond acceptors (Lipinski definition) is 2. The van der Waals surface area contributed by atoms with E-state index in [4.69, 9.17) is 4.74 Å². The number of benzene rings is 1. The van der Waals surface area contributed by atoms with Crippen LogP contribution in [0.3, 0.4) is 0 Å². The molecule has 1 atom stereocenters. The van der Waals surface area contributed by atoms with Crippen molar-refractivity contribution >= 4 is 5.91 Å². The van der Waals surface area contributed by atoms with Crippen LogP contribution in [0.4, 0.5) is 13.2 Å². The molecule has 0 aromatic heterocycles. The Labute approximate surface area is 133 Å². The Morgan fingerprint density at radius 2 is 2.04 bits per heavy atom. The van der Waals surface area contributed by atoms with Crippen molar-refractivity contribution in [3.63, 3.8) is 0 Å². The van der Waals surface area contributed by atoms with Crippen LogP contribution in [0.5, 0.6) is 0 Å². The maximum atomic E-state index is 13.0. The summed E-state index contributed by atoms with van der Waals surface area (Å²) < 4.78 is 44.6. The van der Waals surface area contributed by atoms with Crippen LogP contribution in [-0.2, 0) is 22.1 Å². The second kappa shape index (κ2) is 6.15. The predicted octanol–water partition coefficient (Wildman–Crippen LogP) is 3.28. The minimum absolute atomic E-state index is 0.0114. The summed E-state index contributed by atoms with van der Waals surface area (Å²) in [5, 5.41) is 0. The van der Waals surface area contributed by atoms with Crippen molar-refractivity contribution in [3.05, 3.63) is 35.4 Å². The maximum absolute atomic E-state index is 13.0. The van der Waals surface area contributed by atoms with E-state index < -0.39 is 11.7 Å². The molecule has 0 unspecified atom stereocenters. The highest BCUT2D eigenvalue weighted by atomic mass is 19.4. The Balaban J connectivity index is 1.72. The molecule has 2 heterocycles. The van der Waals surface area contributed by atoms with Gasteiger partial charge in [0.2, 0.25) is 5.91 Å². The first kappa shape index (κ1) is 16.3. The van der Waals surface area contributed by atoms with Crippen molar-refractivity contribution in [2.45, 2.75) is 31.9 Å². The van der Waals surface area contributed by atoms with E-state index in [1.165, 1.54) is 12.1 Å². The topological polar surface area (TPSA) is 29.5 Å². The summed E-state index contributed by atoms with van der Waals surface area (Å²) in [5.41, 5.74) is -0.658. The van der Waals surface area contributed by atoms with E-state index in [1.54, 1.807) is 11.0 Å². The first-order valence-electron chi connectivity index (χ1n) is 7.90. The number of carbonyl (C=O) groups excluding carboxylic acids is 1. The lowest BCUT2D eigenvalue weighted by Gasteiger charge is -2.39. The van der Waals surface area contributed by atoms with E-state index in [9.17, 15) is 18.0 Å². The Morgan fingerprint density at radius 1 is 1.26 bits per heavy atom. The lowest BCUT2D eigenvalue weighted by Crippen LogP contribution is -2.47. The summed E-state index contributed by atoms with van der Waals surface area (Å²) in [5.74, 6) is -0.229. The Hall–Kier alpha value is -1.56. The summed E-state index contributed by atoms with van der Waals surface area (Å²) in [6, 6.07) is 5.31. The molecule has 2 fully saturated rings. The molecule has 1 spiro atoms. The third-order valence-corrected chi connectivity index (χ3v) is 4.86. The third kappa shape index (κ3) is 3.52. The van der Waals surface area contributed by atoms with Crippen LogP contribution in [0.2, 0.25) is 0 Å². The summed E-state index contributed by atoms with van der Waals surface area (Å²) in [6.07, 6.45) is -1.80. The number of carbonyl (C=O) groups is 1. The highest BCUT2D eigenvalue weighted by Crippen LogP contribution is 2.38. The molecule has 0 aliphatic carbocycles. The number of nitrogens with zero attached hydrogens (tertiary/aromatic N) is 1. The molecule has 3 rings (SSSR count). The van der Waals surface area contributed by atoms with Gasteiger partial charge in [0.05, 0.1) is 18.6 Å². The second-order valence-electron chi connectivity index (χ2n) is 6.55. The van der Waals surface area contributed by atoms with E-state index in [1.807, 2.05) is 0 Å². The number of halogens is 3. The Kier molecular flexibility index (Phi) is 4.36. The molecule has 2 saturated heterocycles. The van der Waals surface area contributed by atoms with E-state index in [2.05, 4.69) is 0 Å². The van der Waals surface area contributed by atoms with E-state index in [-0.39, 0.29) is 23.3 Å². The summed E-state index contributed by atoms with van der Waals surface area (Å²) in [4.78, 5) is 14.2. The summed E-state index contributed by atoms with van der Waals surface area (Å²) in [7, 11) is 0. The lowest BCUT2D eigenvalue weighted by molar-refractivity contribution is -0.139. The first-order chi connectivity index (χ1) is 10.9. The molecular weight excluding hydrogens is 307 g/mol. The standard InChI is InChI=1S/C17H20F3NO2/c18-17(19,20)14-5-2-1-4-13(14)10-15(22)21-8-3-6-16(11-21)7-9-23-12-16/h1-2,4-5H,3,6-12H2/t16-/m0/s1. The zero-order chi connectivity index (χ0) is 16.5. The van der Waals surface area contributed by atoms with Crippen LogP contribution in [0, 0.1) is 5.41 Å². The van der Waals surface area contributed by atoms with Gasteiger partial charge in [-0.3, -0.25) is 4.79 Å². The molecule has 1 aromatic carbocycles. The quantitative estimate of drug-likeness (QED) is 0.834. The van der Waals surface area contributed by atoms with Crippen LogP contribution in [0.1, 0.15) is 30.4 Å². The van der Waals surface area contributed by atoms with Crippen molar-refractivity contribution in [2.75, 3.05) is 26.3 Å². The van der Waals surface area contributed by atoms with Gasteiger partial charge in [0.25, 0.3) is 0 Å². The monoisotopic (exact) mass is 327 g/mol. The number of piperidine rings is 1. The molecule has 23 heavy (non-hydrogen) atoms. The number of ether oxygens (including phenoxy) is 1. The number of likely N-dealkylation sites (tertiary alicyclic amines) is 1. The molecule has 2 aliphatic heterocycles. The van der Waals surface area contributed by atoms with Gasteiger partial charge in [0.15, 0.2) is 0 Å². The third-order valence-electron chi connectivity index (χ3n) is 4.86. The van der Waals surface area contributed by atoms with Gasteiger partial charge in [-0.05, 0) is 30.9 Å². The van der Waals surface area contributed by atoms with Gasteiger partial charge >= 0.3 is 6.18 Å². The highest BCUT2D eigenvalue weighted by Gasteiger charge is 2.40. The average molecular weight is 327 g/mol. The van der Waals surface area contributed by atoms with Crippen LogP contribution in [0.25, 0.3) is 0 Å². The molecule has 6 heteroatoms. The van der Waals surface area contributed by atoms with Gasteiger partial charge in [0, 0.05) is 25.1 Å². The van der Waals surface area contributed by atoms with Gasteiger partial charge in [-0.2, -0.15) is 13.2 Å². The molecular formula is C17H20F3NO2. The molecule has 0 saturated carbocycles. The van der Waals surface area contributed by atoms with E-state index >= 15 is 0 Å². The number of amides is 1. The molecule has 2 aliphatic rings. The fraction of sp³-hybridized carbons (Fsp3) is 0.588. The molecule has 126 valence electrons. The van der Waals surface area contributed by atoms with Crippen LogP contribution >= 0.6 is 0 Å². The van der Waals surface area contributed by atoms with Crippen molar-refractivity contribution in [3.8, 4) is 0 Å². The number of rotatable bonds is 2. The first-order valence-corrected chi connectivity index (χ1v) is 7.90. The van der Waals surface area contributed by atoms with Crippen molar-refractivity contribution in [2.24, 2.45) is 5.41 Å². The summed E-state index contributed by atoms with van der Waals surface area (Å²) >= 11 is 0. The second-order valence-corrected chi connectivity index (χ2v) is 6.55. The lowest BCUT2D eigenvalue weighted by atomic mass is 9.79. The van der Waals surface area contributed by atoms with Crippen molar-refractivity contribution in [1.82, 2.24) is 4.90 Å². The zero-order valence-corrected chi connectivity index (χ0v) is 12.9. The van der Waals surface area contributed by atoms with E-state index in [0.29, 0.717) is 26.3 Å². The Morgan fingerprint density at radius 3 is 2.74 bits per heavy atom. The van der Waals surface area contributed by atoms with Crippen LogP contribution in [0.15, 0.2) is 24.3 Å². The minimum atomic E-state index is -4.43.